The van der Waals surface area contributed by atoms with Crippen LogP contribution in [0.25, 0.3) is 0 Å². The average molecular weight is 170 g/mol. The lowest BCUT2D eigenvalue weighted by atomic mass is 10.4. The molecule has 0 aliphatic rings. The van der Waals surface area contributed by atoms with Crippen LogP contribution in [0.1, 0.15) is 18.4 Å². The number of thioether (sulfide) groups is 1. The van der Waals surface area contributed by atoms with Crippen molar-refractivity contribution < 1.29 is 0 Å². The Morgan fingerprint density at radius 2 is 2.45 bits per heavy atom. The molecular formula is C8H14N2S. The zero-order valence-corrected chi connectivity index (χ0v) is 7.87. The van der Waals surface area contributed by atoms with Gasteiger partial charge in [0, 0.05) is 18.3 Å². The minimum Gasteiger partial charge on any atom is -0.346 e. The molecule has 1 aromatic heterocycles. The standard InChI is InChI=1S/C8H14N2S/c1-3-8-9-6-7(10-8)4-5-11-2/h6H,3-5H2,1-2H3,(H,9,10). The number of nitrogens with one attached hydrogen (secondary N) is 1. The van der Waals surface area contributed by atoms with Crippen LogP contribution in [-0.2, 0) is 12.8 Å². The molecule has 0 aromatic carbocycles. The number of H-pyrrole nitrogens is 1. The highest BCUT2D eigenvalue weighted by molar-refractivity contribution is 7.98. The van der Waals surface area contributed by atoms with Crippen LogP contribution >= 0.6 is 11.8 Å². The SMILES string of the molecule is CCc1ncc(CCSC)[nH]1. The summed E-state index contributed by atoms with van der Waals surface area (Å²) in [6.45, 7) is 2.11. The minimum atomic E-state index is 0.999. The van der Waals surface area contributed by atoms with Gasteiger partial charge in [0.2, 0.25) is 0 Å². The summed E-state index contributed by atoms with van der Waals surface area (Å²) in [4.78, 5) is 7.50. The molecule has 0 bridgehead atoms. The van der Waals surface area contributed by atoms with Crippen LogP contribution in [0.4, 0.5) is 0 Å². The summed E-state index contributed by atoms with van der Waals surface area (Å²) in [6, 6.07) is 0. The van der Waals surface area contributed by atoms with E-state index in [1.807, 2.05) is 18.0 Å². The fraction of sp³-hybridized carbons (Fsp3) is 0.625. The molecule has 0 saturated heterocycles. The Bertz CT molecular complexity index is 208. The Morgan fingerprint density at radius 3 is 3.00 bits per heavy atom. The maximum Gasteiger partial charge on any atom is 0.105 e. The number of hydrogen-bond acceptors (Lipinski definition) is 2. The lowest BCUT2D eigenvalue weighted by molar-refractivity contribution is 0.965. The first-order valence-corrected chi connectivity index (χ1v) is 5.28. The highest BCUT2D eigenvalue weighted by Crippen LogP contribution is 2.02. The van der Waals surface area contributed by atoms with E-state index in [0.29, 0.717) is 0 Å². The lowest BCUT2D eigenvalue weighted by Gasteiger charge is -1.92. The molecule has 1 heterocycles. The van der Waals surface area contributed by atoms with E-state index in [1.54, 1.807) is 0 Å². The number of rotatable bonds is 4. The van der Waals surface area contributed by atoms with Gasteiger partial charge < -0.3 is 4.98 Å². The number of hydrogen-bond donors (Lipinski definition) is 1. The van der Waals surface area contributed by atoms with Gasteiger partial charge in [-0.3, -0.25) is 0 Å². The average Bonchev–Trinajstić information content (AvgIpc) is 2.48. The molecule has 2 nitrogen and oxygen atoms in total. The summed E-state index contributed by atoms with van der Waals surface area (Å²) >= 11 is 1.87. The maximum atomic E-state index is 4.22. The van der Waals surface area contributed by atoms with Crippen molar-refractivity contribution in [2.75, 3.05) is 12.0 Å². The third-order valence-corrected chi connectivity index (χ3v) is 2.20. The van der Waals surface area contributed by atoms with E-state index in [1.165, 1.54) is 11.4 Å². The minimum absolute atomic E-state index is 0.999. The molecular weight excluding hydrogens is 156 g/mol. The van der Waals surface area contributed by atoms with Crippen LogP contribution in [0.3, 0.4) is 0 Å². The van der Waals surface area contributed by atoms with Gasteiger partial charge in [0.1, 0.15) is 5.82 Å². The summed E-state index contributed by atoms with van der Waals surface area (Å²) in [6.07, 6.45) is 6.17. The predicted molar refractivity (Wildman–Crippen MR) is 50.1 cm³/mol. The molecule has 0 aliphatic heterocycles. The number of imidazole rings is 1. The van der Waals surface area contributed by atoms with Gasteiger partial charge in [0.15, 0.2) is 0 Å². The van der Waals surface area contributed by atoms with Gasteiger partial charge in [-0.05, 0) is 18.4 Å². The second-order valence-corrected chi connectivity index (χ2v) is 3.44. The van der Waals surface area contributed by atoms with Crippen LogP contribution < -0.4 is 0 Å². The van der Waals surface area contributed by atoms with E-state index in [0.717, 1.165) is 18.7 Å². The monoisotopic (exact) mass is 170 g/mol. The van der Waals surface area contributed by atoms with E-state index in [4.69, 9.17) is 0 Å². The van der Waals surface area contributed by atoms with Crippen LogP contribution in [0, 0.1) is 0 Å². The van der Waals surface area contributed by atoms with Crippen molar-refractivity contribution in [3.8, 4) is 0 Å². The number of aryl methyl sites for hydroxylation is 2. The molecule has 1 rings (SSSR count). The Morgan fingerprint density at radius 1 is 1.64 bits per heavy atom. The number of aromatic amines is 1. The lowest BCUT2D eigenvalue weighted by Crippen LogP contribution is -1.88. The van der Waals surface area contributed by atoms with Gasteiger partial charge in [0.25, 0.3) is 0 Å². The van der Waals surface area contributed by atoms with Crippen molar-refractivity contribution in [3.63, 3.8) is 0 Å². The van der Waals surface area contributed by atoms with Crippen molar-refractivity contribution in [1.29, 1.82) is 0 Å². The smallest absolute Gasteiger partial charge is 0.105 e. The third-order valence-electron chi connectivity index (χ3n) is 1.59. The molecule has 0 fully saturated rings. The van der Waals surface area contributed by atoms with Gasteiger partial charge >= 0.3 is 0 Å². The van der Waals surface area contributed by atoms with Gasteiger partial charge in [-0.15, -0.1) is 0 Å². The molecule has 11 heavy (non-hydrogen) atoms. The van der Waals surface area contributed by atoms with Crippen molar-refractivity contribution >= 4 is 11.8 Å². The normalized spacial score (nSPS) is 10.4. The Balaban J connectivity index is 2.44. The largest absolute Gasteiger partial charge is 0.346 e. The Labute approximate surface area is 71.8 Å². The summed E-state index contributed by atoms with van der Waals surface area (Å²) in [5, 5.41) is 0. The molecule has 0 aliphatic carbocycles. The second kappa shape index (κ2) is 4.44. The second-order valence-electron chi connectivity index (χ2n) is 2.45. The Hall–Kier alpha value is -0.440. The first kappa shape index (κ1) is 8.65. The fourth-order valence-electron chi connectivity index (χ4n) is 0.924. The molecule has 0 unspecified atom stereocenters. The summed E-state index contributed by atoms with van der Waals surface area (Å²) in [7, 11) is 0. The van der Waals surface area contributed by atoms with Gasteiger partial charge in [-0.25, -0.2) is 4.98 Å². The first-order valence-electron chi connectivity index (χ1n) is 3.88. The summed E-state index contributed by atoms with van der Waals surface area (Å²) in [5.74, 6) is 2.27. The van der Waals surface area contributed by atoms with Crippen molar-refractivity contribution in [3.05, 3.63) is 17.7 Å². The molecule has 1 N–H and O–H groups in total. The quantitative estimate of drug-likeness (QED) is 0.747. The fourth-order valence-corrected chi connectivity index (χ4v) is 1.35. The number of aromatic nitrogens is 2. The summed E-state index contributed by atoms with van der Waals surface area (Å²) < 4.78 is 0. The van der Waals surface area contributed by atoms with Crippen LogP contribution in [0.15, 0.2) is 6.20 Å². The Kier molecular flexibility index (Phi) is 3.49. The molecule has 3 heteroatoms. The van der Waals surface area contributed by atoms with E-state index >= 15 is 0 Å². The van der Waals surface area contributed by atoms with E-state index in [2.05, 4.69) is 23.1 Å². The summed E-state index contributed by atoms with van der Waals surface area (Å²) in [5.41, 5.74) is 1.26. The topological polar surface area (TPSA) is 28.7 Å². The van der Waals surface area contributed by atoms with E-state index in [9.17, 15) is 0 Å². The molecule has 0 amide bonds. The predicted octanol–water partition coefficient (Wildman–Crippen LogP) is 1.88. The van der Waals surface area contributed by atoms with Gasteiger partial charge in [0.05, 0.1) is 0 Å². The third kappa shape index (κ3) is 2.58. The van der Waals surface area contributed by atoms with Gasteiger partial charge in [-0.2, -0.15) is 11.8 Å². The van der Waals surface area contributed by atoms with Crippen molar-refractivity contribution in [1.82, 2.24) is 9.97 Å². The molecule has 62 valence electrons. The first-order chi connectivity index (χ1) is 5.36. The highest BCUT2D eigenvalue weighted by Gasteiger charge is 1.96. The van der Waals surface area contributed by atoms with Crippen LogP contribution in [-0.4, -0.2) is 22.0 Å². The van der Waals surface area contributed by atoms with Gasteiger partial charge in [-0.1, -0.05) is 6.92 Å². The van der Waals surface area contributed by atoms with Crippen molar-refractivity contribution in [2.24, 2.45) is 0 Å². The number of nitrogens with zero attached hydrogens (tertiary/aromatic N) is 1. The van der Waals surface area contributed by atoms with Crippen LogP contribution in [0.2, 0.25) is 0 Å². The highest BCUT2D eigenvalue weighted by atomic mass is 32.2. The van der Waals surface area contributed by atoms with Crippen LogP contribution in [0.5, 0.6) is 0 Å². The van der Waals surface area contributed by atoms with E-state index in [-0.39, 0.29) is 0 Å². The zero-order valence-electron chi connectivity index (χ0n) is 7.05. The van der Waals surface area contributed by atoms with E-state index < -0.39 is 0 Å². The molecule has 1 aromatic rings. The molecule has 0 radical (unpaired) electrons. The maximum absolute atomic E-state index is 4.22. The zero-order chi connectivity index (χ0) is 8.10. The molecule has 0 spiro atoms. The molecule has 0 saturated carbocycles. The van der Waals surface area contributed by atoms with Crippen molar-refractivity contribution in [2.45, 2.75) is 19.8 Å². The molecule has 0 atom stereocenters.